The first-order valence-electron chi connectivity index (χ1n) is 12.1. The summed E-state index contributed by atoms with van der Waals surface area (Å²) < 4.78 is 2.03. The number of hydrogen-bond acceptors (Lipinski definition) is 4. The van der Waals surface area contributed by atoms with Crippen LogP contribution < -0.4 is 4.90 Å². The number of nitrogens with zero attached hydrogens (tertiary/aromatic N) is 5. The van der Waals surface area contributed by atoms with Crippen molar-refractivity contribution in [3.8, 4) is 16.8 Å². The molecule has 2 aromatic heterocycles. The van der Waals surface area contributed by atoms with Crippen LogP contribution in [0.25, 0.3) is 27.8 Å². The monoisotopic (exact) mass is 527 g/mol. The minimum Gasteiger partial charge on any atom is -0.352 e. The Hall–Kier alpha value is -3.87. The van der Waals surface area contributed by atoms with Crippen LogP contribution in [0.5, 0.6) is 0 Å². The van der Waals surface area contributed by atoms with Crippen molar-refractivity contribution in [3.05, 3.63) is 107 Å². The molecule has 184 valence electrons. The number of piperazine rings is 1. The van der Waals surface area contributed by atoms with Crippen molar-refractivity contribution < 1.29 is 4.79 Å². The summed E-state index contributed by atoms with van der Waals surface area (Å²) in [5.41, 5.74) is 4.36. The number of benzene rings is 3. The van der Waals surface area contributed by atoms with Gasteiger partial charge < -0.3 is 9.80 Å². The topological polar surface area (TPSA) is 54.3 Å². The molecule has 5 aromatic rings. The molecule has 0 radical (unpaired) electrons. The molecule has 0 saturated carbocycles. The van der Waals surface area contributed by atoms with Crippen LogP contribution in [0, 0.1) is 0 Å². The third kappa shape index (κ3) is 4.43. The first-order valence-corrected chi connectivity index (χ1v) is 12.8. The number of anilines is 1. The Morgan fingerprint density at radius 3 is 2.32 bits per heavy atom. The van der Waals surface area contributed by atoms with E-state index in [9.17, 15) is 4.79 Å². The van der Waals surface area contributed by atoms with Crippen molar-refractivity contribution in [2.75, 3.05) is 31.1 Å². The number of hydrogen-bond donors (Lipinski definition) is 0. The van der Waals surface area contributed by atoms with E-state index in [-0.39, 0.29) is 5.91 Å². The van der Waals surface area contributed by atoms with E-state index in [1.54, 1.807) is 30.6 Å². The summed E-state index contributed by atoms with van der Waals surface area (Å²) in [6, 6.07) is 25.1. The highest BCUT2D eigenvalue weighted by Crippen LogP contribution is 2.38. The second-order valence-electron chi connectivity index (χ2n) is 8.92. The van der Waals surface area contributed by atoms with Crippen LogP contribution in [0.1, 0.15) is 10.4 Å². The maximum absolute atomic E-state index is 13.0. The molecule has 0 spiro atoms. The molecule has 1 aliphatic rings. The minimum atomic E-state index is -0.00942. The molecule has 0 atom stereocenters. The summed E-state index contributed by atoms with van der Waals surface area (Å²) in [5, 5.41) is 2.17. The Bertz CT molecular complexity index is 1590. The van der Waals surface area contributed by atoms with Crippen LogP contribution in [0.15, 0.2) is 91.4 Å². The zero-order chi connectivity index (χ0) is 25.4. The van der Waals surface area contributed by atoms with Gasteiger partial charge in [-0.2, -0.15) is 0 Å². The smallest absolute Gasteiger partial charge is 0.254 e. The second-order valence-corrected chi connectivity index (χ2v) is 9.76. The number of carbonyl (C=O) groups excluding carboxylic acids is 1. The summed E-state index contributed by atoms with van der Waals surface area (Å²) in [4.78, 5) is 26.6. The third-order valence-electron chi connectivity index (χ3n) is 6.70. The van der Waals surface area contributed by atoms with Crippen molar-refractivity contribution >= 4 is 46.0 Å². The third-order valence-corrected chi connectivity index (χ3v) is 7.25. The van der Waals surface area contributed by atoms with Crippen LogP contribution >= 0.6 is 23.2 Å². The molecule has 0 N–H and O–H groups in total. The summed E-state index contributed by atoms with van der Waals surface area (Å²) in [6.07, 6.45) is 3.68. The highest BCUT2D eigenvalue weighted by molar-refractivity contribution is 6.32. The van der Waals surface area contributed by atoms with Crippen LogP contribution in [0.3, 0.4) is 0 Å². The number of amides is 1. The predicted octanol–water partition coefficient (Wildman–Crippen LogP) is 6.36. The van der Waals surface area contributed by atoms with Gasteiger partial charge in [0.2, 0.25) is 0 Å². The number of para-hydroxylation sites is 1. The van der Waals surface area contributed by atoms with E-state index in [2.05, 4.69) is 28.2 Å². The van der Waals surface area contributed by atoms with E-state index in [1.165, 1.54) is 0 Å². The van der Waals surface area contributed by atoms with Crippen LogP contribution in [-0.4, -0.2) is 51.5 Å². The van der Waals surface area contributed by atoms with Gasteiger partial charge in [-0.3, -0.25) is 9.36 Å². The quantitative estimate of drug-likeness (QED) is 0.273. The SMILES string of the molecule is O=C(c1cccc(Cl)c1)N1CCN(c2ncnc3c2c(-c2ccccc2)cn3-c2ccccc2Cl)CC1. The van der Waals surface area contributed by atoms with Crippen LogP contribution in [-0.2, 0) is 0 Å². The molecule has 6 nitrogen and oxygen atoms in total. The van der Waals surface area contributed by atoms with Crippen molar-refractivity contribution in [2.45, 2.75) is 0 Å². The Morgan fingerprint density at radius 2 is 1.57 bits per heavy atom. The van der Waals surface area contributed by atoms with Crippen molar-refractivity contribution in [2.24, 2.45) is 0 Å². The first-order chi connectivity index (χ1) is 18.1. The zero-order valence-corrected chi connectivity index (χ0v) is 21.4. The fraction of sp³-hybridized carbons (Fsp3) is 0.138. The van der Waals surface area contributed by atoms with Crippen LogP contribution in [0.4, 0.5) is 5.82 Å². The largest absolute Gasteiger partial charge is 0.352 e. The molecule has 6 rings (SSSR count). The van der Waals surface area contributed by atoms with E-state index >= 15 is 0 Å². The fourth-order valence-electron chi connectivity index (χ4n) is 4.88. The molecule has 1 aliphatic heterocycles. The summed E-state index contributed by atoms with van der Waals surface area (Å²) in [5.74, 6) is 0.842. The van der Waals surface area contributed by atoms with Gasteiger partial charge in [0.25, 0.3) is 5.91 Å². The van der Waals surface area contributed by atoms with E-state index in [0.717, 1.165) is 33.7 Å². The van der Waals surface area contributed by atoms with Gasteiger partial charge in [-0.05, 0) is 35.9 Å². The Balaban J connectivity index is 1.38. The van der Waals surface area contributed by atoms with Gasteiger partial charge in [-0.1, -0.05) is 71.7 Å². The van der Waals surface area contributed by atoms with Gasteiger partial charge in [0, 0.05) is 48.5 Å². The lowest BCUT2D eigenvalue weighted by Crippen LogP contribution is -2.49. The average Bonchev–Trinajstić information content (AvgIpc) is 3.33. The number of fused-ring (bicyclic) bond motifs is 1. The highest BCUT2D eigenvalue weighted by atomic mass is 35.5. The standard InChI is InChI=1S/C29H23Cl2N5O/c30-22-10-6-9-21(17-22)29(37)35-15-13-34(14-16-35)27-26-23(20-7-2-1-3-8-20)18-36(28(26)33-19-32-27)25-12-5-4-11-24(25)31/h1-12,17-19H,13-16H2. The number of aromatic nitrogens is 3. The second kappa shape index (κ2) is 9.88. The van der Waals surface area contributed by atoms with Gasteiger partial charge in [0.1, 0.15) is 12.1 Å². The molecule has 37 heavy (non-hydrogen) atoms. The van der Waals surface area contributed by atoms with E-state index in [4.69, 9.17) is 28.2 Å². The molecular weight excluding hydrogens is 505 g/mol. The lowest BCUT2D eigenvalue weighted by Gasteiger charge is -2.35. The highest BCUT2D eigenvalue weighted by Gasteiger charge is 2.26. The Kier molecular flexibility index (Phi) is 6.28. The maximum Gasteiger partial charge on any atom is 0.254 e. The summed E-state index contributed by atoms with van der Waals surface area (Å²) in [7, 11) is 0. The Morgan fingerprint density at radius 1 is 0.811 bits per heavy atom. The van der Waals surface area contributed by atoms with E-state index < -0.39 is 0 Å². The molecule has 0 aliphatic carbocycles. The van der Waals surface area contributed by atoms with Crippen molar-refractivity contribution in [1.29, 1.82) is 0 Å². The van der Waals surface area contributed by atoms with Crippen LogP contribution in [0.2, 0.25) is 10.0 Å². The van der Waals surface area contributed by atoms with Crippen molar-refractivity contribution in [1.82, 2.24) is 19.4 Å². The molecule has 1 amide bonds. The molecule has 8 heteroatoms. The molecular formula is C29H23Cl2N5O. The van der Waals surface area contributed by atoms with E-state index in [1.807, 2.05) is 51.9 Å². The maximum atomic E-state index is 13.0. The molecule has 0 unspecified atom stereocenters. The molecule has 3 aromatic carbocycles. The predicted molar refractivity (Wildman–Crippen MR) is 149 cm³/mol. The lowest BCUT2D eigenvalue weighted by atomic mass is 10.1. The minimum absolute atomic E-state index is 0.00942. The lowest BCUT2D eigenvalue weighted by molar-refractivity contribution is 0.0746. The molecule has 1 fully saturated rings. The van der Waals surface area contributed by atoms with Crippen molar-refractivity contribution in [3.63, 3.8) is 0 Å². The number of carbonyl (C=O) groups is 1. The summed E-state index contributed by atoms with van der Waals surface area (Å²) >= 11 is 12.7. The molecule has 1 saturated heterocycles. The number of rotatable bonds is 4. The van der Waals surface area contributed by atoms with Gasteiger partial charge in [-0.25, -0.2) is 9.97 Å². The van der Waals surface area contributed by atoms with Gasteiger partial charge in [0.05, 0.1) is 16.1 Å². The summed E-state index contributed by atoms with van der Waals surface area (Å²) in [6.45, 7) is 2.49. The first kappa shape index (κ1) is 23.5. The zero-order valence-electron chi connectivity index (χ0n) is 19.9. The number of halogens is 2. The van der Waals surface area contributed by atoms with Gasteiger partial charge >= 0.3 is 0 Å². The average molecular weight is 528 g/mol. The van der Waals surface area contributed by atoms with Gasteiger partial charge in [-0.15, -0.1) is 0 Å². The fourth-order valence-corrected chi connectivity index (χ4v) is 5.30. The molecule has 0 bridgehead atoms. The molecule has 3 heterocycles. The van der Waals surface area contributed by atoms with E-state index in [0.29, 0.717) is 41.8 Å². The Labute approximate surface area is 224 Å². The van der Waals surface area contributed by atoms with Gasteiger partial charge in [0.15, 0.2) is 5.65 Å². The normalized spacial score (nSPS) is 13.8.